The highest BCUT2D eigenvalue weighted by atomic mass is 32.2. The third kappa shape index (κ3) is 4.12. The van der Waals surface area contributed by atoms with Gasteiger partial charge in [0, 0.05) is 23.2 Å². The van der Waals surface area contributed by atoms with Gasteiger partial charge < -0.3 is 10.6 Å². The van der Waals surface area contributed by atoms with Crippen molar-refractivity contribution in [3.63, 3.8) is 0 Å². The van der Waals surface area contributed by atoms with E-state index in [-0.39, 0.29) is 11.9 Å². The molecule has 1 aromatic rings. The lowest BCUT2D eigenvalue weighted by molar-refractivity contribution is 0.437. The first kappa shape index (κ1) is 13.5. The molecule has 0 saturated heterocycles. The number of nitrogens with zero attached hydrogens (tertiary/aromatic N) is 1. The Balaban J connectivity index is 2.61. The van der Waals surface area contributed by atoms with Crippen LogP contribution in [0.15, 0.2) is 23.1 Å². The van der Waals surface area contributed by atoms with Crippen LogP contribution in [0, 0.1) is 5.82 Å². The van der Waals surface area contributed by atoms with E-state index in [0.717, 1.165) is 17.9 Å². The average molecular weight is 242 g/mol. The van der Waals surface area contributed by atoms with Gasteiger partial charge in [0.05, 0.1) is 0 Å². The molecule has 0 aliphatic rings. The van der Waals surface area contributed by atoms with Gasteiger partial charge in [-0.2, -0.15) is 0 Å². The molecular weight excluding hydrogens is 223 g/mol. The Bertz CT molecular complexity index is 340. The third-order valence-corrected chi connectivity index (χ3v) is 3.31. The topological polar surface area (TPSA) is 29.3 Å². The number of hydrogen-bond acceptors (Lipinski definition) is 3. The zero-order valence-electron chi connectivity index (χ0n) is 10.0. The molecule has 1 unspecified atom stereocenters. The molecule has 1 atom stereocenters. The summed E-state index contributed by atoms with van der Waals surface area (Å²) < 4.78 is 13.6. The molecule has 0 aromatic heterocycles. The molecule has 4 heteroatoms. The molecular formula is C12H19FN2S. The second-order valence-electron chi connectivity index (χ2n) is 4.13. The van der Waals surface area contributed by atoms with Gasteiger partial charge in [-0.1, -0.05) is 6.07 Å². The normalized spacial score (nSPS) is 13.1. The molecule has 0 spiro atoms. The third-order valence-electron chi connectivity index (χ3n) is 2.28. The fourth-order valence-corrected chi connectivity index (χ4v) is 2.29. The zero-order valence-corrected chi connectivity index (χ0v) is 10.9. The molecule has 0 aliphatic carbocycles. The SMILES string of the molecule is CC(N)c1ccc(SCCN(C)C)c(F)c1. The second kappa shape index (κ2) is 6.23. The van der Waals surface area contributed by atoms with Crippen molar-refractivity contribution in [1.29, 1.82) is 0 Å². The predicted octanol–water partition coefficient (Wildman–Crippen LogP) is 2.50. The highest BCUT2D eigenvalue weighted by Gasteiger charge is 2.06. The minimum atomic E-state index is -0.168. The Labute approximate surface area is 101 Å². The summed E-state index contributed by atoms with van der Waals surface area (Å²) in [6.45, 7) is 2.80. The molecule has 1 rings (SSSR count). The molecule has 0 bridgehead atoms. The molecule has 16 heavy (non-hydrogen) atoms. The predicted molar refractivity (Wildman–Crippen MR) is 68.3 cm³/mol. The van der Waals surface area contributed by atoms with Gasteiger partial charge in [-0.05, 0) is 38.7 Å². The van der Waals surface area contributed by atoms with Gasteiger partial charge in [0.2, 0.25) is 0 Å². The van der Waals surface area contributed by atoms with Crippen LogP contribution in [-0.4, -0.2) is 31.3 Å². The van der Waals surface area contributed by atoms with Crippen LogP contribution in [0.25, 0.3) is 0 Å². The van der Waals surface area contributed by atoms with Crippen LogP contribution in [0.2, 0.25) is 0 Å². The molecule has 2 nitrogen and oxygen atoms in total. The van der Waals surface area contributed by atoms with E-state index in [0.29, 0.717) is 4.90 Å². The van der Waals surface area contributed by atoms with E-state index < -0.39 is 0 Å². The van der Waals surface area contributed by atoms with Crippen LogP contribution in [0.5, 0.6) is 0 Å². The Kier molecular flexibility index (Phi) is 5.25. The van der Waals surface area contributed by atoms with Gasteiger partial charge >= 0.3 is 0 Å². The van der Waals surface area contributed by atoms with Gasteiger partial charge in [0.1, 0.15) is 5.82 Å². The van der Waals surface area contributed by atoms with E-state index in [4.69, 9.17) is 5.73 Å². The number of thioether (sulfide) groups is 1. The average Bonchev–Trinajstić information content (AvgIpc) is 2.19. The smallest absolute Gasteiger partial charge is 0.137 e. The van der Waals surface area contributed by atoms with Crippen LogP contribution in [0.3, 0.4) is 0 Å². The van der Waals surface area contributed by atoms with Crippen LogP contribution in [0.1, 0.15) is 18.5 Å². The second-order valence-corrected chi connectivity index (χ2v) is 5.27. The summed E-state index contributed by atoms with van der Waals surface area (Å²) >= 11 is 1.54. The number of rotatable bonds is 5. The minimum absolute atomic E-state index is 0.115. The van der Waals surface area contributed by atoms with Crippen molar-refractivity contribution < 1.29 is 4.39 Å². The molecule has 90 valence electrons. The molecule has 0 amide bonds. The maximum Gasteiger partial charge on any atom is 0.137 e. The summed E-state index contributed by atoms with van der Waals surface area (Å²) in [5.41, 5.74) is 6.53. The van der Waals surface area contributed by atoms with E-state index in [1.165, 1.54) is 17.8 Å². The molecule has 1 aromatic carbocycles. The molecule has 0 saturated carbocycles. The largest absolute Gasteiger partial charge is 0.324 e. The van der Waals surface area contributed by atoms with Crippen LogP contribution >= 0.6 is 11.8 Å². The van der Waals surface area contributed by atoms with Crippen molar-refractivity contribution in [3.8, 4) is 0 Å². The Hall–Kier alpha value is -0.580. The zero-order chi connectivity index (χ0) is 12.1. The fourth-order valence-electron chi connectivity index (χ4n) is 1.26. The van der Waals surface area contributed by atoms with Crippen molar-refractivity contribution in [2.45, 2.75) is 17.9 Å². The van der Waals surface area contributed by atoms with E-state index in [1.54, 1.807) is 0 Å². The van der Waals surface area contributed by atoms with Gasteiger partial charge in [-0.15, -0.1) is 11.8 Å². The molecule has 2 N–H and O–H groups in total. The molecule has 0 aliphatic heterocycles. The summed E-state index contributed by atoms with van der Waals surface area (Å²) in [5, 5.41) is 0. The molecule has 0 radical (unpaired) electrons. The number of nitrogens with two attached hydrogens (primary N) is 1. The Morgan fingerprint density at radius 2 is 2.12 bits per heavy atom. The van der Waals surface area contributed by atoms with E-state index in [1.807, 2.05) is 33.2 Å². The maximum absolute atomic E-state index is 13.6. The summed E-state index contributed by atoms with van der Waals surface area (Å²) in [6.07, 6.45) is 0. The monoisotopic (exact) mass is 242 g/mol. The van der Waals surface area contributed by atoms with Crippen molar-refractivity contribution >= 4 is 11.8 Å². The minimum Gasteiger partial charge on any atom is -0.324 e. The summed E-state index contributed by atoms with van der Waals surface area (Å²) in [7, 11) is 4.02. The van der Waals surface area contributed by atoms with Gasteiger partial charge in [-0.3, -0.25) is 0 Å². The quantitative estimate of drug-likeness (QED) is 0.804. The van der Waals surface area contributed by atoms with E-state index >= 15 is 0 Å². The molecule has 0 fully saturated rings. The standard InChI is InChI=1S/C12H19FN2S/c1-9(14)10-4-5-12(11(13)8-10)16-7-6-15(2)3/h4-5,8-9H,6-7,14H2,1-3H3. The van der Waals surface area contributed by atoms with Gasteiger partial charge in [0.25, 0.3) is 0 Å². The van der Waals surface area contributed by atoms with Crippen LogP contribution in [0.4, 0.5) is 4.39 Å². The maximum atomic E-state index is 13.6. The fraction of sp³-hybridized carbons (Fsp3) is 0.500. The number of halogens is 1. The highest BCUT2D eigenvalue weighted by Crippen LogP contribution is 2.24. The Morgan fingerprint density at radius 1 is 1.44 bits per heavy atom. The first-order valence-electron chi connectivity index (χ1n) is 5.33. The number of benzene rings is 1. The Morgan fingerprint density at radius 3 is 2.62 bits per heavy atom. The van der Waals surface area contributed by atoms with E-state index in [2.05, 4.69) is 4.90 Å². The first-order valence-corrected chi connectivity index (χ1v) is 6.32. The first-order chi connectivity index (χ1) is 7.50. The van der Waals surface area contributed by atoms with Crippen molar-refractivity contribution in [1.82, 2.24) is 4.90 Å². The summed E-state index contributed by atoms with van der Waals surface area (Å²) in [5.74, 6) is 0.722. The lowest BCUT2D eigenvalue weighted by Gasteiger charge is -2.10. The summed E-state index contributed by atoms with van der Waals surface area (Å²) in [4.78, 5) is 2.78. The summed E-state index contributed by atoms with van der Waals surface area (Å²) in [6, 6.07) is 5.12. The van der Waals surface area contributed by atoms with Crippen LogP contribution in [-0.2, 0) is 0 Å². The lowest BCUT2D eigenvalue weighted by Crippen LogP contribution is -2.14. The highest BCUT2D eigenvalue weighted by molar-refractivity contribution is 7.99. The van der Waals surface area contributed by atoms with Crippen molar-refractivity contribution in [3.05, 3.63) is 29.6 Å². The van der Waals surface area contributed by atoms with Crippen molar-refractivity contribution in [2.75, 3.05) is 26.4 Å². The van der Waals surface area contributed by atoms with Crippen LogP contribution < -0.4 is 5.73 Å². The lowest BCUT2D eigenvalue weighted by atomic mass is 10.1. The van der Waals surface area contributed by atoms with Crippen molar-refractivity contribution in [2.24, 2.45) is 5.73 Å². The van der Waals surface area contributed by atoms with Gasteiger partial charge in [0.15, 0.2) is 0 Å². The van der Waals surface area contributed by atoms with E-state index in [9.17, 15) is 4.39 Å². The molecule has 0 heterocycles. The number of hydrogen-bond donors (Lipinski definition) is 1. The van der Waals surface area contributed by atoms with Gasteiger partial charge in [-0.25, -0.2) is 4.39 Å².